The van der Waals surface area contributed by atoms with E-state index in [1.54, 1.807) is 11.3 Å². The van der Waals surface area contributed by atoms with E-state index in [1.165, 1.54) is 48.8 Å². The first-order valence-electron chi connectivity index (χ1n) is 6.77. The zero-order valence-electron chi connectivity index (χ0n) is 10.6. The zero-order valence-corrected chi connectivity index (χ0v) is 11.4. The Morgan fingerprint density at radius 3 is 2.28 bits per heavy atom. The lowest BCUT2D eigenvalue weighted by Crippen LogP contribution is -2.04. The van der Waals surface area contributed by atoms with Crippen LogP contribution in [-0.2, 0) is 0 Å². The van der Waals surface area contributed by atoms with E-state index >= 15 is 0 Å². The van der Waals surface area contributed by atoms with Crippen LogP contribution < -0.4 is 5.73 Å². The van der Waals surface area contributed by atoms with E-state index in [2.05, 4.69) is 35.7 Å². The molecule has 1 heterocycles. The Kier molecular flexibility index (Phi) is 3.37. The molecule has 1 saturated carbocycles. The second-order valence-corrected chi connectivity index (χ2v) is 6.14. The molecule has 2 N–H and O–H groups in total. The molecule has 0 amide bonds. The molecule has 0 atom stereocenters. The van der Waals surface area contributed by atoms with Crippen molar-refractivity contribution in [3.8, 4) is 11.1 Å². The number of hydrogen-bond acceptors (Lipinski definition) is 2. The summed E-state index contributed by atoms with van der Waals surface area (Å²) in [6, 6.07) is 11.1. The van der Waals surface area contributed by atoms with Crippen LogP contribution in [-0.4, -0.2) is 0 Å². The van der Waals surface area contributed by atoms with E-state index in [0.717, 1.165) is 10.9 Å². The number of nitrogen functional groups attached to an aromatic ring is 1. The summed E-state index contributed by atoms with van der Waals surface area (Å²) in [6.45, 7) is 0. The van der Waals surface area contributed by atoms with Crippen molar-refractivity contribution >= 4 is 16.3 Å². The molecular formula is C16H19NS. The van der Waals surface area contributed by atoms with Gasteiger partial charge in [-0.2, -0.15) is 0 Å². The first kappa shape index (κ1) is 11.8. The van der Waals surface area contributed by atoms with E-state index in [9.17, 15) is 0 Å². The average Bonchev–Trinajstić information content (AvgIpc) is 2.87. The van der Waals surface area contributed by atoms with Crippen LogP contribution in [0, 0.1) is 0 Å². The van der Waals surface area contributed by atoms with Crippen LogP contribution in [0.15, 0.2) is 35.7 Å². The molecule has 0 aliphatic heterocycles. The van der Waals surface area contributed by atoms with Crippen LogP contribution in [0.4, 0.5) is 5.00 Å². The van der Waals surface area contributed by atoms with E-state index in [0.29, 0.717) is 0 Å². The van der Waals surface area contributed by atoms with Gasteiger partial charge >= 0.3 is 0 Å². The topological polar surface area (TPSA) is 26.0 Å². The van der Waals surface area contributed by atoms with Gasteiger partial charge in [0.1, 0.15) is 0 Å². The predicted molar refractivity (Wildman–Crippen MR) is 80.0 cm³/mol. The second kappa shape index (κ2) is 5.15. The summed E-state index contributed by atoms with van der Waals surface area (Å²) in [4.78, 5) is 0. The lowest BCUT2D eigenvalue weighted by Gasteiger charge is -2.22. The number of thiophene rings is 1. The van der Waals surface area contributed by atoms with Crippen molar-refractivity contribution in [2.75, 3.05) is 5.73 Å². The van der Waals surface area contributed by atoms with Crippen molar-refractivity contribution in [1.29, 1.82) is 0 Å². The molecule has 0 radical (unpaired) electrons. The minimum Gasteiger partial charge on any atom is -0.391 e. The first-order chi connectivity index (χ1) is 8.83. The van der Waals surface area contributed by atoms with Gasteiger partial charge in [0.2, 0.25) is 0 Å². The van der Waals surface area contributed by atoms with Crippen LogP contribution >= 0.6 is 11.3 Å². The summed E-state index contributed by atoms with van der Waals surface area (Å²) in [5, 5.41) is 3.02. The Hall–Kier alpha value is -1.28. The van der Waals surface area contributed by atoms with Crippen molar-refractivity contribution in [3.05, 3.63) is 41.3 Å². The van der Waals surface area contributed by atoms with Crippen molar-refractivity contribution < 1.29 is 0 Å². The van der Waals surface area contributed by atoms with E-state index in [1.807, 2.05) is 0 Å². The third-order valence-corrected chi connectivity index (χ3v) is 4.70. The summed E-state index contributed by atoms with van der Waals surface area (Å²) < 4.78 is 0. The Bertz CT molecular complexity index is 506. The normalized spacial score (nSPS) is 16.9. The highest BCUT2D eigenvalue weighted by Gasteiger charge is 2.15. The summed E-state index contributed by atoms with van der Waals surface area (Å²) >= 11 is 1.61. The molecular weight excluding hydrogens is 238 g/mol. The van der Waals surface area contributed by atoms with Crippen molar-refractivity contribution in [2.24, 2.45) is 0 Å². The molecule has 0 bridgehead atoms. The number of hydrogen-bond donors (Lipinski definition) is 1. The fraction of sp³-hybridized carbons (Fsp3) is 0.375. The molecule has 1 aromatic carbocycles. The highest BCUT2D eigenvalue weighted by molar-refractivity contribution is 7.14. The van der Waals surface area contributed by atoms with Gasteiger partial charge in [-0.3, -0.25) is 0 Å². The van der Waals surface area contributed by atoms with Gasteiger partial charge in [0.05, 0.1) is 5.00 Å². The Morgan fingerprint density at radius 1 is 0.944 bits per heavy atom. The van der Waals surface area contributed by atoms with Gasteiger partial charge in [0.15, 0.2) is 0 Å². The van der Waals surface area contributed by atoms with Gasteiger partial charge < -0.3 is 5.73 Å². The number of nitrogens with two attached hydrogens (primary N) is 1. The second-order valence-electron chi connectivity index (χ2n) is 5.19. The van der Waals surface area contributed by atoms with Gasteiger partial charge in [-0.1, -0.05) is 43.5 Å². The quantitative estimate of drug-likeness (QED) is 0.801. The highest BCUT2D eigenvalue weighted by atomic mass is 32.1. The third-order valence-electron chi connectivity index (χ3n) is 3.94. The van der Waals surface area contributed by atoms with Gasteiger partial charge in [0, 0.05) is 5.38 Å². The van der Waals surface area contributed by atoms with Crippen molar-refractivity contribution in [3.63, 3.8) is 0 Å². The number of anilines is 1. The summed E-state index contributed by atoms with van der Waals surface area (Å²) in [5.41, 5.74) is 9.82. The fourth-order valence-corrected chi connectivity index (χ4v) is 3.55. The summed E-state index contributed by atoms with van der Waals surface area (Å²) in [6.07, 6.45) is 6.94. The van der Waals surface area contributed by atoms with Crippen LogP contribution in [0.2, 0.25) is 0 Å². The standard InChI is InChI=1S/C16H19NS/c17-16-10-15(11-18-16)14-8-6-13(7-9-14)12-4-2-1-3-5-12/h6-12H,1-5,17H2. The SMILES string of the molecule is Nc1cc(-c2ccc(C3CCCCC3)cc2)cs1. The zero-order chi connectivity index (χ0) is 12.4. The Morgan fingerprint density at radius 2 is 1.67 bits per heavy atom. The molecule has 2 aromatic rings. The lowest BCUT2D eigenvalue weighted by atomic mass is 9.84. The van der Waals surface area contributed by atoms with Crippen molar-refractivity contribution in [2.45, 2.75) is 38.0 Å². The minimum atomic E-state index is 0.792. The first-order valence-corrected chi connectivity index (χ1v) is 7.65. The van der Waals surface area contributed by atoms with Gasteiger partial charge in [0.25, 0.3) is 0 Å². The van der Waals surface area contributed by atoms with Crippen molar-refractivity contribution in [1.82, 2.24) is 0 Å². The van der Waals surface area contributed by atoms with Crippen LogP contribution in [0.5, 0.6) is 0 Å². The Labute approximate surface area is 113 Å². The molecule has 1 aliphatic carbocycles. The molecule has 1 nitrogen and oxygen atoms in total. The smallest absolute Gasteiger partial charge is 0.0862 e. The third kappa shape index (κ3) is 2.44. The Balaban J connectivity index is 1.80. The van der Waals surface area contributed by atoms with Crippen LogP contribution in [0.3, 0.4) is 0 Å². The van der Waals surface area contributed by atoms with Crippen LogP contribution in [0.25, 0.3) is 11.1 Å². The van der Waals surface area contributed by atoms with Gasteiger partial charge in [-0.05, 0) is 41.5 Å². The van der Waals surface area contributed by atoms with Gasteiger partial charge in [-0.15, -0.1) is 11.3 Å². The molecule has 0 spiro atoms. The molecule has 1 fully saturated rings. The molecule has 94 valence electrons. The molecule has 18 heavy (non-hydrogen) atoms. The predicted octanol–water partition coefficient (Wildman–Crippen LogP) is 5.05. The molecule has 2 heteroatoms. The number of benzene rings is 1. The number of rotatable bonds is 2. The molecule has 1 aromatic heterocycles. The fourth-order valence-electron chi connectivity index (χ4n) is 2.89. The monoisotopic (exact) mass is 257 g/mol. The molecule has 3 rings (SSSR count). The molecule has 0 saturated heterocycles. The van der Waals surface area contributed by atoms with Crippen LogP contribution in [0.1, 0.15) is 43.6 Å². The maximum absolute atomic E-state index is 5.78. The molecule has 1 aliphatic rings. The lowest BCUT2D eigenvalue weighted by molar-refractivity contribution is 0.443. The highest BCUT2D eigenvalue weighted by Crippen LogP contribution is 2.34. The van der Waals surface area contributed by atoms with E-state index in [-0.39, 0.29) is 0 Å². The average molecular weight is 257 g/mol. The van der Waals surface area contributed by atoms with E-state index in [4.69, 9.17) is 5.73 Å². The summed E-state index contributed by atoms with van der Waals surface area (Å²) in [7, 11) is 0. The van der Waals surface area contributed by atoms with Gasteiger partial charge in [-0.25, -0.2) is 0 Å². The summed E-state index contributed by atoms with van der Waals surface area (Å²) in [5.74, 6) is 0.792. The van der Waals surface area contributed by atoms with E-state index < -0.39 is 0 Å². The largest absolute Gasteiger partial charge is 0.391 e. The minimum absolute atomic E-state index is 0.792. The maximum atomic E-state index is 5.78. The maximum Gasteiger partial charge on any atom is 0.0862 e. The molecule has 0 unspecified atom stereocenters.